The number of nitrogens with zero attached hydrogens (tertiary/aromatic N) is 2. The lowest BCUT2D eigenvalue weighted by atomic mass is 10.2. The highest BCUT2D eigenvalue weighted by Gasteiger charge is 2.13. The van der Waals surface area contributed by atoms with Gasteiger partial charge in [-0.05, 0) is 7.05 Å². The van der Waals surface area contributed by atoms with Crippen LogP contribution in [0.3, 0.4) is 0 Å². The number of halogens is 2. The van der Waals surface area contributed by atoms with Crippen LogP contribution in [0.25, 0.3) is 0 Å². The summed E-state index contributed by atoms with van der Waals surface area (Å²) in [5.41, 5.74) is 0. The first-order valence-corrected chi connectivity index (χ1v) is 5.99. The van der Waals surface area contributed by atoms with Gasteiger partial charge in [0.05, 0.1) is 13.2 Å². The summed E-state index contributed by atoms with van der Waals surface area (Å²) in [5, 5.41) is 6.82. The van der Waals surface area contributed by atoms with Gasteiger partial charge in [0, 0.05) is 26.0 Å². The summed E-state index contributed by atoms with van der Waals surface area (Å²) < 4.78 is 38.5. The zero-order chi connectivity index (χ0) is 14.1. The third-order valence-electron chi connectivity index (χ3n) is 2.42. The van der Waals surface area contributed by atoms with Crippen LogP contribution in [0.4, 0.5) is 8.78 Å². The summed E-state index contributed by atoms with van der Waals surface area (Å²) in [6.45, 7) is 0.114. The molecule has 1 heterocycles. The molecule has 0 spiro atoms. The van der Waals surface area contributed by atoms with Gasteiger partial charge in [0.1, 0.15) is 6.61 Å². The lowest BCUT2D eigenvalue weighted by Gasteiger charge is -2.11. The van der Waals surface area contributed by atoms with Crippen molar-refractivity contribution in [2.45, 2.75) is 25.3 Å². The maximum absolute atomic E-state index is 11.8. The lowest BCUT2D eigenvalue weighted by Crippen LogP contribution is -2.32. The summed E-state index contributed by atoms with van der Waals surface area (Å²) >= 11 is 0. The van der Waals surface area contributed by atoms with E-state index in [0.29, 0.717) is 31.2 Å². The molecule has 110 valence electrons. The van der Waals surface area contributed by atoms with Crippen molar-refractivity contribution in [3.63, 3.8) is 0 Å². The summed E-state index contributed by atoms with van der Waals surface area (Å²) in [7, 11) is 3.43. The average Bonchev–Trinajstić information content (AvgIpc) is 2.81. The standard InChI is InChI=1S/C11H19F2N3O3/c1-14-8(6-17-2)5-11-15-10(16-19-11)3-4-18-7-9(12)13/h8-9,14H,3-7H2,1-2H3. The fraction of sp³-hybridized carbons (Fsp3) is 0.818. The molecule has 0 bridgehead atoms. The number of likely N-dealkylation sites (N-methyl/N-ethyl adjacent to an activating group) is 1. The van der Waals surface area contributed by atoms with Gasteiger partial charge in [0.15, 0.2) is 5.82 Å². The lowest BCUT2D eigenvalue weighted by molar-refractivity contribution is 0.0182. The molecule has 0 radical (unpaired) electrons. The molecule has 1 unspecified atom stereocenters. The van der Waals surface area contributed by atoms with Crippen molar-refractivity contribution in [2.75, 3.05) is 34.0 Å². The molecular formula is C11H19F2N3O3. The summed E-state index contributed by atoms with van der Waals surface area (Å²) in [5.74, 6) is 0.941. The number of ether oxygens (including phenoxy) is 2. The van der Waals surface area contributed by atoms with Crippen LogP contribution in [-0.2, 0) is 22.3 Å². The van der Waals surface area contributed by atoms with Crippen LogP contribution in [-0.4, -0.2) is 56.6 Å². The van der Waals surface area contributed by atoms with Crippen LogP contribution in [0.5, 0.6) is 0 Å². The highest BCUT2D eigenvalue weighted by molar-refractivity contribution is 4.89. The molecule has 0 saturated heterocycles. The summed E-state index contributed by atoms with van der Waals surface area (Å²) in [6.07, 6.45) is -1.55. The van der Waals surface area contributed by atoms with E-state index in [0.717, 1.165) is 0 Å². The molecule has 8 heteroatoms. The van der Waals surface area contributed by atoms with Gasteiger partial charge in [0.2, 0.25) is 5.89 Å². The largest absolute Gasteiger partial charge is 0.383 e. The average molecular weight is 279 g/mol. The molecule has 1 N–H and O–H groups in total. The molecule has 19 heavy (non-hydrogen) atoms. The Bertz CT molecular complexity index is 350. The zero-order valence-electron chi connectivity index (χ0n) is 11.1. The number of alkyl halides is 2. The van der Waals surface area contributed by atoms with E-state index in [1.165, 1.54) is 0 Å². The predicted molar refractivity (Wildman–Crippen MR) is 63.3 cm³/mol. The van der Waals surface area contributed by atoms with Crippen molar-refractivity contribution >= 4 is 0 Å². The van der Waals surface area contributed by atoms with Crippen molar-refractivity contribution < 1.29 is 22.8 Å². The van der Waals surface area contributed by atoms with Gasteiger partial charge in [-0.2, -0.15) is 4.98 Å². The monoisotopic (exact) mass is 279 g/mol. The topological polar surface area (TPSA) is 69.4 Å². The van der Waals surface area contributed by atoms with Gasteiger partial charge in [-0.3, -0.25) is 0 Å². The number of aromatic nitrogens is 2. The Morgan fingerprint density at radius 2 is 2.16 bits per heavy atom. The number of nitrogens with one attached hydrogen (secondary N) is 1. The first-order valence-electron chi connectivity index (χ1n) is 5.99. The third-order valence-corrected chi connectivity index (χ3v) is 2.42. The molecule has 1 atom stereocenters. The van der Waals surface area contributed by atoms with E-state index in [1.807, 2.05) is 7.05 Å². The summed E-state index contributed by atoms with van der Waals surface area (Å²) in [6, 6.07) is 0.0911. The van der Waals surface area contributed by atoms with Crippen LogP contribution < -0.4 is 5.32 Å². The molecule has 0 fully saturated rings. The second-order valence-electron chi connectivity index (χ2n) is 3.97. The highest BCUT2D eigenvalue weighted by Crippen LogP contribution is 2.03. The molecule has 0 saturated carbocycles. The molecule has 0 aromatic carbocycles. The first-order chi connectivity index (χ1) is 9.15. The third kappa shape index (κ3) is 6.55. The van der Waals surface area contributed by atoms with Crippen LogP contribution in [0.1, 0.15) is 11.7 Å². The smallest absolute Gasteiger partial charge is 0.261 e. The Morgan fingerprint density at radius 3 is 2.79 bits per heavy atom. The number of methoxy groups -OCH3 is 1. The zero-order valence-corrected chi connectivity index (χ0v) is 11.1. The van der Waals surface area contributed by atoms with Crippen LogP contribution in [0.15, 0.2) is 4.52 Å². The highest BCUT2D eigenvalue weighted by atomic mass is 19.3. The molecule has 0 amide bonds. The number of hydrogen-bond donors (Lipinski definition) is 1. The molecule has 0 aliphatic heterocycles. The molecular weight excluding hydrogens is 260 g/mol. The van der Waals surface area contributed by atoms with E-state index in [4.69, 9.17) is 14.0 Å². The summed E-state index contributed by atoms with van der Waals surface area (Å²) in [4.78, 5) is 4.16. The van der Waals surface area contributed by atoms with E-state index in [1.54, 1.807) is 7.11 Å². The van der Waals surface area contributed by atoms with Gasteiger partial charge in [-0.15, -0.1) is 0 Å². The van der Waals surface area contributed by atoms with Crippen LogP contribution in [0, 0.1) is 0 Å². The Hall–Kier alpha value is -1.12. The van der Waals surface area contributed by atoms with E-state index >= 15 is 0 Å². The van der Waals surface area contributed by atoms with Gasteiger partial charge in [-0.1, -0.05) is 5.16 Å². The van der Waals surface area contributed by atoms with Crippen LogP contribution in [0.2, 0.25) is 0 Å². The van der Waals surface area contributed by atoms with E-state index in [2.05, 4.69) is 15.5 Å². The van der Waals surface area contributed by atoms with Crippen LogP contribution >= 0.6 is 0 Å². The van der Waals surface area contributed by atoms with Crippen molar-refractivity contribution in [3.05, 3.63) is 11.7 Å². The Kier molecular flexibility index (Phi) is 7.46. The van der Waals surface area contributed by atoms with E-state index < -0.39 is 13.0 Å². The Labute approximate surface area is 110 Å². The maximum atomic E-state index is 11.8. The van der Waals surface area contributed by atoms with Crippen molar-refractivity contribution in [1.29, 1.82) is 0 Å². The van der Waals surface area contributed by atoms with Crippen molar-refractivity contribution in [2.24, 2.45) is 0 Å². The second kappa shape index (κ2) is 8.89. The van der Waals surface area contributed by atoms with Crippen molar-refractivity contribution in [3.8, 4) is 0 Å². The fourth-order valence-corrected chi connectivity index (χ4v) is 1.47. The maximum Gasteiger partial charge on any atom is 0.261 e. The normalized spacial score (nSPS) is 13.1. The molecule has 1 aromatic heterocycles. The van der Waals surface area contributed by atoms with Gasteiger partial charge < -0.3 is 19.3 Å². The first kappa shape index (κ1) is 15.9. The minimum absolute atomic E-state index is 0.0911. The van der Waals surface area contributed by atoms with E-state index in [9.17, 15) is 8.78 Å². The predicted octanol–water partition coefficient (Wildman–Crippen LogP) is 0.671. The minimum Gasteiger partial charge on any atom is -0.383 e. The molecule has 6 nitrogen and oxygen atoms in total. The van der Waals surface area contributed by atoms with Gasteiger partial charge in [-0.25, -0.2) is 8.78 Å². The Morgan fingerprint density at radius 1 is 1.37 bits per heavy atom. The number of hydrogen-bond acceptors (Lipinski definition) is 6. The van der Waals surface area contributed by atoms with E-state index in [-0.39, 0.29) is 12.6 Å². The molecule has 1 aromatic rings. The Balaban J connectivity index is 2.31. The van der Waals surface area contributed by atoms with Gasteiger partial charge >= 0.3 is 0 Å². The molecule has 0 aliphatic rings. The van der Waals surface area contributed by atoms with Crippen molar-refractivity contribution in [1.82, 2.24) is 15.5 Å². The molecule has 1 rings (SSSR count). The second-order valence-corrected chi connectivity index (χ2v) is 3.97. The van der Waals surface area contributed by atoms with Gasteiger partial charge in [0.25, 0.3) is 6.43 Å². The fourth-order valence-electron chi connectivity index (χ4n) is 1.47. The minimum atomic E-state index is -2.45. The SMILES string of the molecule is CNC(COC)Cc1nc(CCOCC(F)F)no1. The number of rotatable bonds is 10. The molecule has 0 aliphatic carbocycles. The quantitative estimate of drug-likeness (QED) is 0.635.